The van der Waals surface area contributed by atoms with Crippen LogP contribution in [0.1, 0.15) is 23.6 Å². The van der Waals surface area contributed by atoms with Crippen molar-refractivity contribution in [3.8, 4) is 0 Å². The van der Waals surface area contributed by atoms with Gasteiger partial charge in [0.15, 0.2) is 0 Å². The maximum atomic E-state index is 13.0. The maximum Gasteiger partial charge on any atom is 0.416 e. The zero-order chi connectivity index (χ0) is 20.0. The highest BCUT2D eigenvalue weighted by Crippen LogP contribution is 2.34. The number of rotatable bonds is 3. The summed E-state index contributed by atoms with van der Waals surface area (Å²) in [4.78, 5) is 13.1. The monoisotopic (exact) mass is 398 g/mol. The number of anilines is 2. The van der Waals surface area contributed by atoms with Gasteiger partial charge >= 0.3 is 6.18 Å². The van der Waals surface area contributed by atoms with Gasteiger partial charge in [-0.1, -0.05) is 6.07 Å². The summed E-state index contributed by atoms with van der Waals surface area (Å²) in [7, 11) is -4.07. The van der Waals surface area contributed by atoms with Gasteiger partial charge in [-0.2, -0.15) is 13.2 Å². The van der Waals surface area contributed by atoms with Gasteiger partial charge in [0, 0.05) is 24.8 Å². The predicted molar refractivity (Wildman–Crippen MR) is 95.2 cm³/mol. The summed E-state index contributed by atoms with van der Waals surface area (Å²) in [5.74, 6) is -0.137. The smallest absolute Gasteiger partial charge is 0.312 e. The highest BCUT2D eigenvalue weighted by molar-refractivity contribution is 7.92. The fourth-order valence-electron chi connectivity index (χ4n) is 3.08. The van der Waals surface area contributed by atoms with E-state index in [0.29, 0.717) is 24.2 Å². The van der Waals surface area contributed by atoms with Gasteiger partial charge in [-0.3, -0.25) is 9.52 Å². The summed E-state index contributed by atoms with van der Waals surface area (Å²) < 4.78 is 66.5. The Bertz CT molecular complexity index is 1020. The Kier molecular flexibility index (Phi) is 4.67. The van der Waals surface area contributed by atoms with Crippen LogP contribution in [0.3, 0.4) is 0 Å². The third-order valence-electron chi connectivity index (χ3n) is 4.43. The van der Waals surface area contributed by atoms with Crippen LogP contribution in [0.4, 0.5) is 24.5 Å². The van der Waals surface area contributed by atoms with Crippen molar-refractivity contribution in [1.29, 1.82) is 0 Å². The van der Waals surface area contributed by atoms with Gasteiger partial charge in [-0.25, -0.2) is 8.42 Å². The number of hydrogen-bond donors (Lipinski definition) is 1. The molecule has 0 aromatic heterocycles. The highest BCUT2D eigenvalue weighted by Gasteiger charge is 2.33. The Labute approximate surface area is 154 Å². The van der Waals surface area contributed by atoms with E-state index in [2.05, 4.69) is 4.72 Å². The minimum Gasteiger partial charge on any atom is -0.312 e. The molecule has 3 rings (SSSR count). The fourth-order valence-corrected chi connectivity index (χ4v) is 4.18. The van der Waals surface area contributed by atoms with E-state index in [1.54, 1.807) is 4.90 Å². The molecule has 1 N–H and O–H groups in total. The SMILES string of the molecule is CC(=O)N1CCc2cc(S(=O)(=O)Nc3ccc(C)c(C(F)(F)F)c3)ccc21. The Morgan fingerprint density at radius 3 is 2.48 bits per heavy atom. The van der Waals surface area contributed by atoms with Crippen molar-refractivity contribution in [3.05, 3.63) is 53.1 Å². The number of fused-ring (bicyclic) bond motifs is 1. The van der Waals surface area contributed by atoms with Gasteiger partial charge in [0.25, 0.3) is 10.0 Å². The van der Waals surface area contributed by atoms with E-state index in [-0.39, 0.29) is 22.1 Å². The van der Waals surface area contributed by atoms with Crippen LogP contribution in [-0.4, -0.2) is 20.9 Å². The first-order valence-corrected chi connectivity index (χ1v) is 9.59. The van der Waals surface area contributed by atoms with Crippen LogP contribution in [-0.2, 0) is 27.4 Å². The Balaban J connectivity index is 1.92. The van der Waals surface area contributed by atoms with Gasteiger partial charge < -0.3 is 4.90 Å². The molecule has 27 heavy (non-hydrogen) atoms. The molecule has 1 heterocycles. The second-order valence-electron chi connectivity index (χ2n) is 6.34. The van der Waals surface area contributed by atoms with E-state index in [4.69, 9.17) is 0 Å². The largest absolute Gasteiger partial charge is 0.416 e. The Morgan fingerprint density at radius 1 is 1.15 bits per heavy atom. The average Bonchev–Trinajstić information content (AvgIpc) is 2.98. The van der Waals surface area contributed by atoms with Crippen molar-refractivity contribution in [2.75, 3.05) is 16.2 Å². The highest BCUT2D eigenvalue weighted by atomic mass is 32.2. The van der Waals surface area contributed by atoms with E-state index >= 15 is 0 Å². The van der Waals surface area contributed by atoms with Gasteiger partial charge in [-0.15, -0.1) is 0 Å². The molecule has 0 bridgehead atoms. The van der Waals surface area contributed by atoms with Gasteiger partial charge in [0.2, 0.25) is 5.91 Å². The van der Waals surface area contributed by atoms with Gasteiger partial charge in [0.1, 0.15) is 0 Å². The van der Waals surface area contributed by atoms with Crippen molar-refractivity contribution < 1.29 is 26.4 Å². The molecular formula is C18H17F3N2O3S. The lowest BCUT2D eigenvalue weighted by atomic mass is 10.1. The lowest BCUT2D eigenvalue weighted by molar-refractivity contribution is -0.138. The molecule has 0 saturated carbocycles. The number of halogens is 3. The fraction of sp³-hybridized carbons (Fsp3) is 0.278. The molecule has 0 aliphatic carbocycles. The first-order valence-electron chi connectivity index (χ1n) is 8.11. The number of alkyl halides is 3. The molecule has 2 aromatic carbocycles. The van der Waals surface area contributed by atoms with Crippen molar-refractivity contribution in [2.45, 2.75) is 31.3 Å². The number of benzene rings is 2. The molecule has 0 radical (unpaired) electrons. The van der Waals surface area contributed by atoms with Crippen molar-refractivity contribution >= 4 is 27.3 Å². The van der Waals surface area contributed by atoms with Crippen LogP contribution in [0.15, 0.2) is 41.3 Å². The van der Waals surface area contributed by atoms with Crippen LogP contribution in [0.25, 0.3) is 0 Å². The molecule has 0 fully saturated rings. The number of sulfonamides is 1. The minimum atomic E-state index is -4.57. The second-order valence-corrected chi connectivity index (χ2v) is 8.03. The third kappa shape index (κ3) is 3.78. The molecule has 5 nitrogen and oxygen atoms in total. The van der Waals surface area contributed by atoms with Gasteiger partial charge in [0.05, 0.1) is 10.5 Å². The number of aryl methyl sites for hydroxylation is 1. The summed E-state index contributed by atoms with van der Waals surface area (Å²) in [6.45, 7) is 3.20. The molecule has 0 saturated heterocycles. The van der Waals surface area contributed by atoms with Crippen LogP contribution in [0.5, 0.6) is 0 Å². The quantitative estimate of drug-likeness (QED) is 0.857. The second kappa shape index (κ2) is 6.56. The molecule has 9 heteroatoms. The van der Waals surface area contributed by atoms with Crippen LogP contribution >= 0.6 is 0 Å². The normalized spacial score (nSPS) is 14.2. The molecule has 1 amide bonds. The zero-order valence-corrected chi connectivity index (χ0v) is 15.4. The molecule has 0 atom stereocenters. The first kappa shape index (κ1) is 19.2. The van der Waals surface area contributed by atoms with Crippen LogP contribution in [0.2, 0.25) is 0 Å². The van der Waals surface area contributed by atoms with Crippen molar-refractivity contribution in [3.63, 3.8) is 0 Å². The molecule has 144 valence electrons. The summed E-state index contributed by atoms with van der Waals surface area (Å²) >= 11 is 0. The number of amides is 1. The van der Waals surface area contributed by atoms with Crippen LogP contribution < -0.4 is 9.62 Å². The maximum absolute atomic E-state index is 13.0. The van der Waals surface area contributed by atoms with Gasteiger partial charge in [-0.05, 0) is 54.8 Å². The Hall–Kier alpha value is -2.55. The topological polar surface area (TPSA) is 66.5 Å². The standard InChI is InChI=1S/C18H17F3N2O3S/c1-11-3-4-14(10-16(11)18(19,20)21)22-27(25,26)15-5-6-17-13(9-15)7-8-23(17)12(2)24/h3-6,9-10,22H,7-8H2,1-2H3. The summed E-state index contributed by atoms with van der Waals surface area (Å²) in [5, 5.41) is 0. The average molecular weight is 398 g/mol. The molecule has 1 aliphatic heterocycles. The number of carbonyl (C=O) groups is 1. The van der Waals surface area contributed by atoms with Crippen molar-refractivity contribution in [2.24, 2.45) is 0 Å². The van der Waals surface area contributed by atoms with E-state index in [1.165, 1.54) is 44.2 Å². The summed E-state index contributed by atoms with van der Waals surface area (Å²) in [6.07, 6.45) is -4.06. The van der Waals surface area contributed by atoms with E-state index in [0.717, 1.165) is 6.07 Å². The lowest BCUT2D eigenvalue weighted by Gasteiger charge is -2.16. The first-order chi connectivity index (χ1) is 12.5. The summed E-state index contributed by atoms with van der Waals surface area (Å²) in [5.41, 5.74) is 0.295. The molecule has 0 spiro atoms. The van der Waals surface area contributed by atoms with E-state index in [1.807, 2.05) is 0 Å². The number of nitrogens with one attached hydrogen (secondary N) is 1. The molecule has 2 aromatic rings. The minimum absolute atomic E-state index is 0.00676. The number of hydrogen-bond acceptors (Lipinski definition) is 3. The molecule has 0 unspecified atom stereocenters. The molecule has 1 aliphatic rings. The number of nitrogens with zero attached hydrogens (tertiary/aromatic N) is 1. The predicted octanol–water partition coefficient (Wildman–Crippen LogP) is 3.72. The van der Waals surface area contributed by atoms with Crippen LogP contribution in [0, 0.1) is 6.92 Å². The van der Waals surface area contributed by atoms with E-state index < -0.39 is 21.8 Å². The third-order valence-corrected chi connectivity index (χ3v) is 5.81. The Morgan fingerprint density at radius 2 is 1.85 bits per heavy atom. The zero-order valence-electron chi connectivity index (χ0n) is 14.6. The van der Waals surface area contributed by atoms with Crippen molar-refractivity contribution in [1.82, 2.24) is 0 Å². The molecular weight excluding hydrogens is 381 g/mol. The van der Waals surface area contributed by atoms with E-state index in [9.17, 15) is 26.4 Å². The summed E-state index contributed by atoms with van der Waals surface area (Å²) in [6, 6.07) is 7.59. The lowest BCUT2D eigenvalue weighted by Crippen LogP contribution is -2.25. The number of carbonyl (C=O) groups excluding carboxylic acids is 1.